The number of carbonyl (C=O) groups is 2. The van der Waals surface area contributed by atoms with E-state index in [0.717, 1.165) is 31.2 Å². The number of carboxylic acid groups (broad SMARTS) is 1. The van der Waals surface area contributed by atoms with Gasteiger partial charge in [-0.25, -0.2) is 9.78 Å². The second-order valence-corrected chi connectivity index (χ2v) is 7.49. The van der Waals surface area contributed by atoms with Crippen molar-refractivity contribution in [3.8, 4) is 11.3 Å². The largest absolute Gasteiger partial charge is 0.480 e. The molecule has 0 radical (unpaired) electrons. The minimum atomic E-state index is -0.889. The normalized spacial score (nSPS) is 24.6. The summed E-state index contributed by atoms with van der Waals surface area (Å²) in [6, 6.07) is 9.09. The monoisotopic (exact) mass is 368 g/mol. The second kappa shape index (κ2) is 7.55. The zero-order valence-electron chi connectivity index (χ0n) is 15.2. The molecule has 3 atom stereocenters. The Morgan fingerprint density at radius 3 is 2.74 bits per heavy atom. The first-order valence-corrected chi connectivity index (χ1v) is 9.67. The molecule has 0 spiro atoms. The smallest absolute Gasteiger partial charge is 0.326 e. The van der Waals surface area contributed by atoms with E-state index in [1.807, 2.05) is 30.3 Å². The summed E-state index contributed by atoms with van der Waals surface area (Å²) in [5, 5.41) is 9.57. The van der Waals surface area contributed by atoms with Gasteiger partial charge in [0.15, 0.2) is 11.7 Å². The van der Waals surface area contributed by atoms with E-state index < -0.39 is 12.0 Å². The number of likely N-dealkylation sites (tertiary alicyclic amines) is 1. The molecule has 6 heteroatoms. The Hall–Kier alpha value is -2.63. The third-order valence-corrected chi connectivity index (χ3v) is 5.83. The first kappa shape index (κ1) is 17.8. The lowest BCUT2D eigenvalue weighted by atomic mass is 9.84. The lowest BCUT2D eigenvalue weighted by Crippen LogP contribution is -2.46. The van der Waals surface area contributed by atoms with Gasteiger partial charge in [-0.2, -0.15) is 0 Å². The van der Waals surface area contributed by atoms with Gasteiger partial charge >= 0.3 is 5.97 Å². The number of hydrogen-bond donors (Lipinski definition) is 1. The first-order chi connectivity index (χ1) is 13.1. The maximum Gasteiger partial charge on any atom is 0.326 e. The summed E-state index contributed by atoms with van der Waals surface area (Å²) < 4.78 is 5.77. The molecule has 1 saturated heterocycles. The number of carboxylic acids is 1. The van der Waals surface area contributed by atoms with Gasteiger partial charge in [-0.3, -0.25) is 4.79 Å². The lowest BCUT2D eigenvalue weighted by molar-refractivity contribution is -0.149. The molecule has 1 aromatic carbocycles. The number of fused-ring (bicyclic) bond motifs is 1. The van der Waals surface area contributed by atoms with Crippen LogP contribution in [0.3, 0.4) is 0 Å². The molecule has 0 bridgehead atoms. The maximum atomic E-state index is 12.9. The Bertz CT molecular complexity index is 817. The van der Waals surface area contributed by atoms with Crippen LogP contribution in [0, 0.1) is 5.92 Å². The number of hydrogen-bond acceptors (Lipinski definition) is 4. The first-order valence-electron chi connectivity index (χ1n) is 9.67. The average Bonchev–Trinajstić information content (AvgIpc) is 3.32. The zero-order chi connectivity index (χ0) is 18.8. The van der Waals surface area contributed by atoms with Gasteiger partial charge in [0.25, 0.3) is 0 Å². The van der Waals surface area contributed by atoms with Gasteiger partial charge in [-0.15, -0.1) is 0 Å². The number of aliphatic carboxylic acids is 1. The van der Waals surface area contributed by atoms with Crippen molar-refractivity contribution in [3.05, 3.63) is 42.4 Å². The highest BCUT2D eigenvalue weighted by atomic mass is 16.4. The minimum absolute atomic E-state index is 0.0804. The van der Waals surface area contributed by atoms with Gasteiger partial charge in [-0.1, -0.05) is 43.2 Å². The van der Waals surface area contributed by atoms with Crippen LogP contribution in [0.25, 0.3) is 11.3 Å². The van der Waals surface area contributed by atoms with Crippen molar-refractivity contribution in [2.45, 2.75) is 57.0 Å². The highest BCUT2D eigenvalue weighted by Crippen LogP contribution is 2.40. The fourth-order valence-electron chi connectivity index (χ4n) is 4.54. The Labute approximate surface area is 158 Å². The highest BCUT2D eigenvalue weighted by molar-refractivity contribution is 5.85. The van der Waals surface area contributed by atoms with E-state index in [1.165, 1.54) is 0 Å². The molecule has 2 aromatic rings. The van der Waals surface area contributed by atoms with Crippen molar-refractivity contribution in [3.63, 3.8) is 0 Å². The Morgan fingerprint density at radius 1 is 1.19 bits per heavy atom. The molecule has 1 aliphatic heterocycles. The fraction of sp³-hybridized carbons (Fsp3) is 0.476. The van der Waals surface area contributed by atoms with E-state index in [0.29, 0.717) is 30.4 Å². The lowest BCUT2D eigenvalue weighted by Gasteiger charge is -2.33. The van der Waals surface area contributed by atoms with Crippen molar-refractivity contribution < 1.29 is 19.1 Å². The Balaban J connectivity index is 1.42. The number of rotatable bonds is 5. The van der Waals surface area contributed by atoms with Crippen molar-refractivity contribution >= 4 is 11.9 Å². The van der Waals surface area contributed by atoms with E-state index >= 15 is 0 Å². The summed E-state index contributed by atoms with van der Waals surface area (Å²) in [6.07, 6.45) is 7.00. The van der Waals surface area contributed by atoms with Crippen LogP contribution in [0.5, 0.6) is 0 Å². The van der Waals surface area contributed by atoms with Crippen LogP contribution in [0.4, 0.5) is 0 Å². The summed E-state index contributed by atoms with van der Waals surface area (Å²) in [5.41, 5.74) is 0.943. The molecule has 1 N–H and O–H groups in total. The number of aryl methyl sites for hydroxylation is 1. The number of aromatic nitrogens is 1. The molecular weight excluding hydrogens is 344 g/mol. The molecule has 1 aliphatic carbocycles. The Kier molecular flexibility index (Phi) is 4.97. The number of carbonyl (C=O) groups excluding carboxylic acids is 1. The van der Waals surface area contributed by atoms with Gasteiger partial charge in [0.2, 0.25) is 5.91 Å². The zero-order valence-corrected chi connectivity index (χ0v) is 15.2. The van der Waals surface area contributed by atoms with Gasteiger partial charge in [0, 0.05) is 24.4 Å². The summed E-state index contributed by atoms with van der Waals surface area (Å²) in [6.45, 7) is 0. The number of nitrogens with zero attached hydrogens (tertiary/aromatic N) is 2. The summed E-state index contributed by atoms with van der Waals surface area (Å²) in [5.74, 6) is 0.523. The molecule has 1 saturated carbocycles. The summed E-state index contributed by atoms with van der Waals surface area (Å²) >= 11 is 0. The fourth-order valence-corrected chi connectivity index (χ4v) is 4.54. The van der Waals surface area contributed by atoms with Crippen LogP contribution in [0.1, 0.15) is 44.4 Å². The van der Waals surface area contributed by atoms with Crippen molar-refractivity contribution in [1.82, 2.24) is 9.88 Å². The van der Waals surface area contributed by atoms with Crippen LogP contribution in [0.15, 0.2) is 40.9 Å². The molecule has 2 heterocycles. The van der Waals surface area contributed by atoms with Crippen molar-refractivity contribution in [2.24, 2.45) is 5.92 Å². The molecule has 1 aromatic heterocycles. The molecule has 2 aliphatic rings. The molecular formula is C21H24N2O4. The number of oxazole rings is 1. The molecule has 1 amide bonds. The minimum Gasteiger partial charge on any atom is -0.480 e. The van der Waals surface area contributed by atoms with Gasteiger partial charge in [0.05, 0.1) is 6.20 Å². The SMILES string of the molecule is O=C(O)[C@@H]1C[C@H]2CCCC[C@H]2N1C(=O)CCc1ncc(-c2ccccc2)o1. The van der Waals surface area contributed by atoms with E-state index in [1.54, 1.807) is 11.1 Å². The van der Waals surface area contributed by atoms with Crippen LogP contribution in [0.2, 0.25) is 0 Å². The molecule has 2 fully saturated rings. The Morgan fingerprint density at radius 2 is 1.96 bits per heavy atom. The predicted octanol–water partition coefficient (Wildman–Crippen LogP) is 3.52. The quantitative estimate of drug-likeness (QED) is 0.873. The van der Waals surface area contributed by atoms with E-state index in [4.69, 9.17) is 4.42 Å². The van der Waals surface area contributed by atoms with Crippen molar-refractivity contribution in [1.29, 1.82) is 0 Å². The molecule has 6 nitrogen and oxygen atoms in total. The van der Waals surface area contributed by atoms with Crippen LogP contribution < -0.4 is 0 Å². The van der Waals surface area contributed by atoms with E-state index in [9.17, 15) is 14.7 Å². The molecule has 142 valence electrons. The van der Waals surface area contributed by atoms with Crippen LogP contribution in [-0.2, 0) is 16.0 Å². The summed E-state index contributed by atoms with van der Waals surface area (Å²) in [7, 11) is 0. The van der Waals surface area contributed by atoms with Gasteiger partial charge in [0.1, 0.15) is 6.04 Å². The predicted molar refractivity (Wildman–Crippen MR) is 98.9 cm³/mol. The molecule has 27 heavy (non-hydrogen) atoms. The van der Waals surface area contributed by atoms with E-state index in [2.05, 4.69) is 4.98 Å². The molecule has 0 unspecified atom stereocenters. The molecule has 4 rings (SSSR count). The van der Waals surface area contributed by atoms with Crippen LogP contribution in [-0.4, -0.2) is 39.0 Å². The topological polar surface area (TPSA) is 83.6 Å². The maximum absolute atomic E-state index is 12.9. The average molecular weight is 368 g/mol. The van der Waals surface area contributed by atoms with Crippen LogP contribution >= 0.6 is 0 Å². The standard InChI is InChI=1S/C21H24N2O4/c24-20(23-16-9-5-4-8-15(16)12-17(23)21(25)26)11-10-19-22-13-18(27-19)14-6-2-1-3-7-14/h1-3,6-7,13,15-17H,4-5,8-12H2,(H,25,26)/t15-,16-,17+/m1/s1. The number of benzene rings is 1. The van der Waals surface area contributed by atoms with Gasteiger partial charge < -0.3 is 14.4 Å². The van der Waals surface area contributed by atoms with Gasteiger partial charge in [-0.05, 0) is 25.2 Å². The third kappa shape index (κ3) is 3.61. The van der Waals surface area contributed by atoms with Crippen molar-refractivity contribution in [2.75, 3.05) is 0 Å². The van der Waals surface area contributed by atoms with E-state index in [-0.39, 0.29) is 18.4 Å². The third-order valence-electron chi connectivity index (χ3n) is 5.83. The summed E-state index contributed by atoms with van der Waals surface area (Å²) in [4.78, 5) is 30.4. The highest BCUT2D eigenvalue weighted by Gasteiger charge is 2.47. The second-order valence-electron chi connectivity index (χ2n) is 7.49. The number of amides is 1.